The van der Waals surface area contributed by atoms with Gasteiger partial charge in [0.2, 0.25) is 0 Å². The van der Waals surface area contributed by atoms with Gasteiger partial charge < -0.3 is 0 Å². The van der Waals surface area contributed by atoms with Gasteiger partial charge in [0, 0.05) is 17.1 Å². The van der Waals surface area contributed by atoms with Crippen molar-refractivity contribution in [3.63, 3.8) is 0 Å². The molecule has 27 heavy (non-hydrogen) atoms. The Kier molecular flexibility index (Phi) is 4.50. The lowest BCUT2D eigenvalue weighted by atomic mass is 10.0. The summed E-state index contributed by atoms with van der Waals surface area (Å²) in [5, 5.41) is 8.31. The molecule has 0 aliphatic carbocycles. The predicted octanol–water partition coefficient (Wildman–Crippen LogP) is 5.31. The van der Waals surface area contributed by atoms with E-state index in [-0.39, 0.29) is 0 Å². The Morgan fingerprint density at radius 1 is 0.926 bits per heavy atom. The van der Waals surface area contributed by atoms with E-state index >= 15 is 0 Å². The number of H-pyrrole nitrogens is 1. The Hall–Kier alpha value is -3.34. The van der Waals surface area contributed by atoms with Crippen molar-refractivity contribution in [2.45, 2.75) is 13.3 Å². The summed E-state index contributed by atoms with van der Waals surface area (Å²) in [5.41, 5.74) is 5.06. The number of halogens is 2. The Bertz CT molecular complexity index is 1130. The maximum Gasteiger partial charge on any atom is 0.126 e. The summed E-state index contributed by atoms with van der Waals surface area (Å²) in [5.74, 6) is -1.13. The van der Waals surface area contributed by atoms with Gasteiger partial charge in [-0.05, 0) is 73.0 Å². The van der Waals surface area contributed by atoms with E-state index in [1.807, 2.05) is 55.5 Å². The highest BCUT2D eigenvalue weighted by Crippen LogP contribution is 2.22. The Morgan fingerprint density at radius 2 is 1.74 bits per heavy atom. The molecule has 0 amide bonds. The molecule has 5 heteroatoms. The zero-order chi connectivity index (χ0) is 18.8. The monoisotopic (exact) mass is 361 g/mol. The highest BCUT2D eigenvalue weighted by atomic mass is 19.1. The highest BCUT2D eigenvalue weighted by molar-refractivity contribution is 5.89. The number of hydrogen-bond acceptors (Lipinski definition) is 2. The first-order valence-electron chi connectivity index (χ1n) is 8.60. The summed E-state index contributed by atoms with van der Waals surface area (Å²) in [6, 6.07) is 15.3. The fourth-order valence-corrected chi connectivity index (χ4v) is 3.09. The van der Waals surface area contributed by atoms with Crippen molar-refractivity contribution < 1.29 is 8.78 Å². The van der Waals surface area contributed by atoms with E-state index in [4.69, 9.17) is 0 Å². The van der Waals surface area contributed by atoms with Crippen LogP contribution in [0.4, 0.5) is 8.78 Å². The molecule has 0 aliphatic heterocycles. The molecule has 0 fully saturated rings. The van der Waals surface area contributed by atoms with Gasteiger partial charge in [0.25, 0.3) is 0 Å². The van der Waals surface area contributed by atoms with Crippen LogP contribution in [0.1, 0.15) is 28.2 Å². The van der Waals surface area contributed by atoms with E-state index in [9.17, 15) is 8.78 Å². The molecule has 0 saturated carbocycles. The number of hydrogen-bond donors (Lipinski definition) is 1. The minimum absolute atomic E-state index is 0.443. The number of benzene rings is 2. The van der Waals surface area contributed by atoms with Crippen LogP contribution in [0.15, 0.2) is 54.6 Å². The van der Waals surface area contributed by atoms with Crippen molar-refractivity contribution in [3.8, 4) is 0 Å². The zero-order valence-electron chi connectivity index (χ0n) is 14.7. The quantitative estimate of drug-likeness (QED) is 0.535. The van der Waals surface area contributed by atoms with Crippen molar-refractivity contribution in [1.29, 1.82) is 0 Å². The molecular formula is C22H17F2N3. The molecule has 0 radical (unpaired) electrons. The van der Waals surface area contributed by atoms with Crippen LogP contribution >= 0.6 is 0 Å². The first kappa shape index (κ1) is 17.1. The van der Waals surface area contributed by atoms with Gasteiger partial charge in [0.15, 0.2) is 0 Å². The van der Waals surface area contributed by atoms with E-state index in [1.54, 1.807) is 0 Å². The minimum Gasteiger partial charge on any atom is -0.277 e. The number of nitrogens with zero attached hydrogens (tertiary/aromatic N) is 2. The molecule has 1 N–H and O–H groups in total. The van der Waals surface area contributed by atoms with Gasteiger partial charge >= 0.3 is 0 Å². The van der Waals surface area contributed by atoms with Crippen LogP contribution in [0.5, 0.6) is 0 Å². The Labute approximate surface area is 155 Å². The van der Waals surface area contributed by atoms with E-state index in [2.05, 4.69) is 15.2 Å². The number of pyridine rings is 1. The van der Waals surface area contributed by atoms with Crippen molar-refractivity contribution in [2.24, 2.45) is 0 Å². The smallest absolute Gasteiger partial charge is 0.126 e. The SMILES string of the molecule is Cc1cccc(/C=C/c2n[nH]c3ccc(Cc4cc(F)cc(F)c4)cc23)n1. The third kappa shape index (κ3) is 3.92. The molecule has 0 unspecified atom stereocenters. The Morgan fingerprint density at radius 3 is 2.52 bits per heavy atom. The van der Waals surface area contributed by atoms with Crippen LogP contribution in [0.3, 0.4) is 0 Å². The second-order valence-corrected chi connectivity index (χ2v) is 6.48. The van der Waals surface area contributed by atoms with Crippen LogP contribution < -0.4 is 0 Å². The topological polar surface area (TPSA) is 41.6 Å². The number of fused-ring (bicyclic) bond motifs is 1. The lowest BCUT2D eigenvalue weighted by Gasteiger charge is -2.03. The molecular weight excluding hydrogens is 344 g/mol. The van der Waals surface area contributed by atoms with Gasteiger partial charge in [0.1, 0.15) is 11.6 Å². The Balaban J connectivity index is 1.64. The molecule has 0 spiro atoms. The third-order valence-corrected chi connectivity index (χ3v) is 4.31. The molecule has 3 nitrogen and oxygen atoms in total. The molecule has 4 rings (SSSR count). The fraction of sp³-hybridized carbons (Fsp3) is 0.0909. The molecule has 0 bridgehead atoms. The van der Waals surface area contributed by atoms with E-state index < -0.39 is 11.6 Å². The van der Waals surface area contributed by atoms with Crippen LogP contribution in [-0.4, -0.2) is 15.2 Å². The number of aryl methyl sites for hydroxylation is 1. The van der Waals surface area contributed by atoms with E-state index in [1.165, 1.54) is 12.1 Å². The van der Waals surface area contributed by atoms with Gasteiger partial charge in [-0.25, -0.2) is 8.78 Å². The van der Waals surface area contributed by atoms with Gasteiger partial charge in [0.05, 0.1) is 16.9 Å². The molecule has 0 aliphatic rings. The van der Waals surface area contributed by atoms with Crippen LogP contribution in [0, 0.1) is 18.6 Å². The molecule has 4 aromatic rings. The number of nitrogens with one attached hydrogen (secondary N) is 1. The average Bonchev–Trinajstić information content (AvgIpc) is 3.01. The lowest BCUT2D eigenvalue weighted by molar-refractivity contribution is 0.580. The first-order valence-corrected chi connectivity index (χ1v) is 8.60. The number of aromatic nitrogens is 3. The molecule has 2 aromatic heterocycles. The van der Waals surface area contributed by atoms with Gasteiger partial charge in [-0.2, -0.15) is 5.10 Å². The largest absolute Gasteiger partial charge is 0.277 e. The summed E-state index contributed by atoms with van der Waals surface area (Å²) in [4.78, 5) is 4.45. The van der Waals surface area contributed by atoms with Crippen LogP contribution in [-0.2, 0) is 6.42 Å². The van der Waals surface area contributed by atoms with Crippen molar-refractivity contribution >= 4 is 23.1 Å². The minimum atomic E-state index is -0.566. The summed E-state index contributed by atoms with van der Waals surface area (Å²) >= 11 is 0. The van der Waals surface area contributed by atoms with Gasteiger partial charge in [-0.3, -0.25) is 10.1 Å². The van der Waals surface area contributed by atoms with Crippen LogP contribution in [0.2, 0.25) is 0 Å². The summed E-state index contributed by atoms with van der Waals surface area (Å²) < 4.78 is 26.8. The van der Waals surface area contributed by atoms with Crippen molar-refractivity contribution in [2.75, 3.05) is 0 Å². The standard InChI is InChI=1S/C22H17F2N3/c1-14-3-2-4-19(25-14)6-8-22-20-12-15(5-7-21(20)26-27-22)9-16-10-17(23)13-18(24)11-16/h2-8,10-13H,9H2,1H3,(H,26,27)/b8-6+. The van der Waals surface area contributed by atoms with Crippen LogP contribution in [0.25, 0.3) is 23.1 Å². The highest BCUT2D eigenvalue weighted by Gasteiger charge is 2.07. The average molecular weight is 361 g/mol. The van der Waals surface area contributed by atoms with E-state index in [0.717, 1.165) is 39.6 Å². The summed E-state index contributed by atoms with van der Waals surface area (Å²) in [6.45, 7) is 1.95. The summed E-state index contributed by atoms with van der Waals surface area (Å²) in [6.07, 6.45) is 4.27. The predicted molar refractivity (Wildman–Crippen MR) is 103 cm³/mol. The molecule has 2 heterocycles. The molecule has 0 atom stereocenters. The molecule has 134 valence electrons. The lowest BCUT2D eigenvalue weighted by Crippen LogP contribution is -1.91. The second kappa shape index (κ2) is 7.11. The van der Waals surface area contributed by atoms with Gasteiger partial charge in [-0.15, -0.1) is 0 Å². The zero-order valence-corrected chi connectivity index (χ0v) is 14.7. The first-order chi connectivity index (χ1) is 13.1. The maximum absolute atomic E-state index is 13.4. The normalized spacial score (nSPS) is 11.5. The molecule has 2 aromatic carbocycles. The van der Waals surface area contributed by atoms with E-state index in [0.29, 0.717) is 12.0 Å². The van der Waals surface area contributed by atoms with Crippen molar-refractivity contribution in [3.05, 3.63) is 94.4 Å². The second-order valence-electron chi connectivity index (χ2n) is 6.48. The molecule has 0 saturated heterocycles. The summed E-state index contributed by atoms with van der Waals surface area (Å²) in [7, 11) is 0. The fourth-order valence-electron chi connectivity index (χ4n) is 3.09. The van der Waals surface area contributed by atoms with Gasteiger partial charge in [-0.1, -0.05) is 12.1 Å². The third-order valence-electron chi connectivity index (χ3n) is 4.31. The maximum atomic E-state index is 13.4. The number of aromatic amines is 1. The number of rotatable bonds is 4. The van der Waals surface area contributed by atoms with Crippen molar-refractivity contribution in [1.82, 2.24) is 15.2 Å².